The van der Waals surface area contributed by atoms with Crippen molar-refractivity contribution in [2.75, 3.05) is 13.2 Å². The van der Waals surface area contributed by atoms with Gasteiger partial charge < -0.3 is 10.1 Å². The van der Waals surface area contributed by atoms with E-state index >= 15 is 0 Å². The van der Waals surface area contributed by atoms with Crippen LogP contribution in [0.2, 0.25) is 0 Å². The Bertz CT molecular complexity index is 383. The summed E-state index contributed by atoms with van der Waals surface area (Å²) < 4.78 is 6.28. The molecule has 1 N–H and O–H groups in total. The molecule has 1 heterocycles. The minimum absolute atomic E-state index is 0.200. The van der Waals surface area contributed by atoms with Gasteiger partial charge >= 0.3 is 0 Å². The molecule has 1 aliphatic carbocycles. The number of rotatable bonds is 1. The summed E-state index contributed by atoms with van der Waals surface area (Å²) in [6.45, 7) is 4.28. The Balaban J connectivity index is 1.77. The molecule has 1 spiro atoms. The van der Waals surface area contributed by atoms with E-state index < -0.39 is 0 Å². The molecule has 0 radical (unpaired) electrons. The van der Waals surface area contributed by atoms with Gasteiger partial charge in [0.15, 0.2) is 0 Å². The third-order valence-electron chi connectivity index (χ3n) is 4.61. The molecule has 1 aromatic carbocycles. The summed E-state index contributed by atoms with van der Waals surface area (Å²) in [5.74, 6) is 0. The minimum Gasteiger partial charge on any atom is -0.371 e. The molecular weight excluding hydrogens is 222 g/mol. The molecule has 18 heavy (non-hydrogen) atoms. The average Bonchev–Trinajstić information content (AvgIpc) is 2.80. The lowest BCUT2D eigenvalue weighted by molar-refractivity contribution is 0.00412. The molecule has 1 aliphatic heterocycles. The summed E-state index contributed by atoms with van der Waals surface area (Å²) in [4.78, 5) is 0. The van der Waals surface area contributed by atoms with E-state index in [4.69, 9.17) is 4.74 Å². The maximum Gasteiger partial charge on any atom is 0.0975 e. The summed E-state index contributed by atoms with van der Waals surface area (Å²) in [6, 6.07) is 11.0. The first kappa shape index (κ1) is 12.2. The second-order valence-corrected chi connectivity index (χ2v) is 6.02. The van der Waals surface area contributed by atoms with Crippen LogP contribution in [-0.4, -0.2) is 19.2 Å². The predicted octanol–water partition coefficient (Wildman–Crippen LogP) is 3.30. The van der Waals surface area contributed by atoms with Gasteiger partial charge in [0.1, 0.15) is 0 Å². The first-order valence-corrected chi connectivity index (χ1v) is 7.19. The highest BCUT2D eigenvalue weighted by Crippen LogP contribution is 2.41. The van der Waals surface area contributed by atoms with Gasteiger partial charge in [0.2, 0.25) is 0 Å². The molecule has 1 saturated heterocycles. The molecule has 2 fully saturated rings. The van der Waals surface area contributed by atoms with Crippen molar-refractivity contribution < 1.29 is 4.74 Å². The first-order valence-electron chi connectivity index (χ1n) is 7.19. The van der Waals surface area contributed by atoms with E-state index in [2.05, 4.69) is 42.6 Å². The predicted molar refractivity (Wildman–Crippen MR) is 73.5 cm³/mol. The topological polar surface area (TPSA) is 21.3 Å². The standard InChI is InChI=1S/C16H23NO/c1-13-15(14-7-3-2-4-8-14)18-12-16(11-17-13)9-5-6-10-16/h2-4,7-8,13,15,17H,5-6,9-12H2,1H3. The van der Waals surface area contributed by atoms with E-state index in [1.807, 2.05) is 0 Å². The van der Waals surface area contributed by atoms with E-state index in [0.29, 0.717) is 11.5 Å². The average molecular weight is 245 g/mol. The molecule has 2 unspecified atom stereocenters. The van der Waals surface area contributed by atoms with Crippen LogP contribution in [0.4, 0.5) is 0 Å². The van der Waals surface area contributed by atoms with Gasteiger partial charge in [-0.2, -0.15) is 0 Å². The molecule has 2 heteroatoms. The van der Waals surface area contributed by atoms with Crippen molar-refractivity contribution >= 4 is 0 Å². The van der Waals surface area contributed by atoms with Crippen LogP contribution in [0.5, 0.6) is 0 Å². The van der Waals surface area contributed by atoms with Crippen molar-refractivity contribution in [2.24, 2.45) is 5.41 Å². The molecule has 2 nitrogen and oxygen atoms in total. The molecule has 3 rings (SSSR count). The van der Waals surface area contributed by atoms with Crippen molar-refractivity contribution in [3.8, 4) is 0 Å². The second-order valence-electron chi connectivity index (χ2n) is 6.02. The lowest BCUT2D eigenvalue weighted by Crippen LogP contribution is -2.36. The van der Waals surface area contributed by atoms with Gasteiger partial charge in [0, 0.05) is 18.0 Å². The highest BCUT2D eigenvalue weighted by Gasteiger charge is 2.38. The fraction of sp³-hybridized carbons (Fsp3) is 0.625. The number of benzene rings is 1. The highest BCUT2D eigenvalue weighted by atomic mass is 16.5. The molecular formula is C16H23NO. The Labute approximate surface area is 110 Å². The van der Waals surface area contributed by atoms with Crippen LogP contribution in [-0.2, 0) is 4.74 Å². The third-order valence-corrected chi connectivity index (χ3v) is 4.61. The highest BCUT2D eigenvalue weighted by molar-refractivity contribution is 5.19. The van der Waals surface area contributed by atoms with Gasteiger partial charge in [0.05, 0.1) is 12.7 Å². The van der Waals surface area contributed by atoms with Crippen LogP contribution in [0, 0.1) is 5.41 Å². The maximum absolute atomic E-state index is 6.28. The SMILES string of the molecule is CC1NCC2(CCCC2)COC1c1ccccc1. The largest absolute Gasteiger partial charge is 0.371 e. The fourth-order valence-electron chi connectivity index (χ4n) is 3.42. The number of hydrogen-bond acceptors (Lipinski definition) is 2. The van der Waals surface area contributed by atoms with Crippen molar-refractivity contribution in [1.29, 1.82) is 0 Å². The lowest BCUT2D eigenvalue weighted by atomic mass is 9.87. The van der Waals surface area contributed by atoms with Gasteiger partial charge in [-0.15, -0.1) is 0 Å². The van der Waals surface area contributed by atoms with Gasteiger partial charge in [-0.25, -0.2) is 0 Å². The van der Waals surface area contributed by atoms with E-state index in [-0.39, 0.29) is 6.10 Å². The van der Waals surface area contributed by atoms with Crippen molar-refractivity contribution in [3.05, 3.63) is 35.9 Å². The van der Waals surface area contributed by atoms with Crippen LogP contribution in [0.1, 0.15) is 44.3 Å². The number of hydrogen-bond donors (Lipinski definition) is 1. The van der Waals surface area contributed by atoms with Crippen LogP contribution < -0.4 is 5.32 Å². The minimum atomic E-state index is 0.200. The molecule has 0 bridgehead atoms. The Morgan fingerprint density at radius 2 is 1.89 bits per heavy atom. The van der Waals surface area contributed by atoms with Crippen molar-refractivity contribution in [3.63, 3.8) is 0 Å². The quantitative estimate of drug-likeness (QED) is 0.819. The molecule has 2 aliphatic rings. The number of ether oxygens (including phenoxy) is 1. The zero-order valence-corrected chi connectivity index (χ0v) is 11.2. The molecule has 2 atom stereocenters. The molecule has 98 valence electrons. The van der Waals surface area contributed by atoms with E-state index in [9.17, 15) is 0 Å². The Hall–Kier alpha value is -0.860. The Morgan fingerprint density at radius 3 is 2.61 bits per heavy atom. The van der Waals surface area contributed by atoms with Gasteiger partial charge in [-0.05, 0) is 25.3 Å². The number of nitrogens with one attached hydrogen (secondary N) is 1. The zero-order chi connectivity index (χ0) is 12.4. The van der Waals surface area contributed by atoms with Crippen LogP contribution >= 0.6 is 0 Å². The second kappa shape index (κ2) is 5.02. The zero-order valence-electron chi connectivity index (χ0n) is 11.2. The smallest absolute Gasteiger partial charge is 0.0975 e. The Kier molecular flexibility index (Phi) is 3.40. The van der Waals surface area contributed by atoms with E-state index in [1.165, 1.54) is 31.2 Å². The summed E-state index contributed by atoms with van der Waals surface area (Å²) >= 11 is 0. The molecule has 0 amide bonds. The summed E-state index contributed by atoms with van der Waals surface area (Å²) in [5.41, 5.74) is 1.71. The van der Waals surface area contributed by atoms with Crippen LogP contribution in [0.15, 0.2) is 30.3 Å². The summed E-state index contributed by atoms with van der Waals surface area (Å²) in [6.07, 6.45) is 5.60. The molecule has 1 aromatic rings. The molecule has 0 aromatic heterocycles. The van der Waals surface area contributed by atoms with Gasteiger partial charge in [-0.3, -0.25) is 0 Å². The summed E-state index contributed by atoms with van der Waals surface area (Å²) in [5, 5.41) is 3.70. The van der Waals surface area contributed by atoms with Gasteiger partial charge in [-0.1, -0.05) is 43.2 Å². The lowest BCUT2D eigenvalue weighted by Gasteiger charge is -2.26. The Morgan fingerprint density at radius 1 is 1.17 bits per heavy atom. The van der Waals surface area contributed by atoms with Crippen molar-refractivity contribution in [1.82, 2.24) is 5.32 Å². The normalized spacial score (nSPS) is 31.4. The fourth-order valence-corrected chi connectivity index (χ4v) is 3.42. The maximum atomic E-state index is 6.28. The molecule has 1 saturated carbocycles. The van der Waals surface area contributed by atoms with Crippen molar-refractivity contribution in [2.45, 2.75) is 44.8 Å². The van der Waals surface area contributed by atoms with E-state index in [1.54, 1.807) is 0 Å². The summed E-state index contributed by atoms with van der Waals surface area (Å²) in [7, 11) is 0. The third kappa shape index (κ3) is 2.32. The van der Waals surface area contributed by atoms with Gasteiger partial charge in [0.25, 0.3) is 0 Å². The van der Waals surface area contributed by atoms with E-state index in [0.717, 1.165) is 13.2 Å². The monoisotopic (exact) mass is 245 g/mol. The first-order chi connectivity index (χ1) is 8.79. The van der Waals surface area contributed by atoms with Crippen LogP contribution in [0.3, 0.4) is 0 Å². The van der Waals surface area contributed by atoms with Crippen LogP contribution in [0.25, 0.3) is 0 Å².